The molecule has 2 unspecified atom stereocenters. The Bertz CT molecular complexity index is 519. The number of ether oxygens (including phenoxy) is 1. The molecule has 0 radical (unpaired) electrons. The van der Waals surface area contributed by atoms with Crippen molar-refractivity contribution < 1.29 is 14.3 Å². The number of amides is 3. The predicted molar refractivity (Wildman–Crippen MR) is 73.1 cm³/mol. The summed E-state index contributed by atoms with van der Waals surface area (Å²) in [4.78, 5) is 27.6. The minimum atomic E-state index is -0.387. The van der Waals surface area contributed by atoms with E-state index in [-0.39, 0.29) is 24.1 Å². The fraction of sp³-hybridized carbons (Fsp3) is 0.429. The third-order valence-electron chi connectivity index (χ3n) is 3.97. The number of nitrogens with two attached hydrogens (primary N) is 1. The van der Waals surface area contributed by atoms with Gasteiger partial charge < -0.3 is 15.4 Å². The number of fused-ring (bicyclic) bond motifs is 1. The zero-order valence-corrected chi connectivity index (χ0v) is 11.3. The first-order chi connectivity index (χ1) is 9.65. The number of rotatable bonds is 3. The standard InChI is InChI=1S/C14H17N3O3/c1-20-11-6-12-13(18)17(14(19)16(12)8-11)10-4-2-9(7-15)3-5-10/h2-5,11-12H,6-8,15H2,1H3. The fourth-order valence-corrected chi connectivity index (χ4v) is 2.80. The van der Waals surface area contributed by atoms with Gasteiger partial charge in [0.05, 0.1) is 11.8 Å². The highest BCUT2D eigenvalue weighted by Gasteiger charge is 2.51. The molecule has 106 valence electrons. The molecule has 20 heavy (non-hydrogen) atoms. The van der Waals surface area contributed by atoms with Crippen LogP contribution in [-0.2, 0) is 16.1 Å². The first kappa shape index (κ1) is 13.1. The average Bonchev–Trinajstić information content (AvgIpc) is 3.00. The van der Waals surface area contributed by atoms with E-state index in [0.717, 1.165) is 5.56 Å². The molecular formula is C14H17N3O3. The second kappa shape index (κ2) is 4.88. The summed E-state index contributed by atoms with van der Waals surface area (Å²) in [5.74, 6) is -0.171. The Labute approximate surface area is 117 Å². The van der Waals surface area contributed by atoms with Crippen molar-refractivity contribution in [1.82, 2.24) is 4.90 Å². The molecule has 0 aliphatic carbocycles. The van der Waals surface area contributed by atoms with E-state index in [1.165, 1.54) is 4.90 Å². The van der Waals surface area contributed by atoms with Gasteiger partial charge in [0.2, 0.25) is 0 Å². The zero-order valence-electron chi connectivity index (χ0n) is 11.3. The van der Waals surface area contributed by atoms with Gasteiger partial charge in [0.25, 0.3) is 5.91 Å². The first-order valence-electron chi connectivity index (χ1n) is 6.62. The molecule has 6 heteroatoms. The van der Waals surface area contributed by atoms with Crippen LogP contribution in [0.3, 0.4) is 0 Å². The Morgan fingerprint density at radius 2 is 2.00 bits per heavy atom. The highest BCUT2D eigenvalue weighted by molar-refractivity contribution is 6.21. The molecule has 2 N–H and O–H groups in total. The highest BCUT2D eigenvalue weighted by atomic mass is 16.5. The lowest BCUT2D eigenvalue weighted by molar-refractivity contribution is -0.119. The minimum absolute atomic E-state index is 0.0466. The molecule has 0 saturated carbocycles. The molecule has 2 atom stereocenters. The second-order valence-corrected chi connectivity index (χ2v) is 5.09. The summed E-state index contributed by atoms with van der Waals surface area (Å²) in [7, 11) is 1.60. The number of carbonyl (C=O) groups is 2. The molecule has 2 heterocycles. The molecule has 0 bridgehead atoms. The van der Waals surface area contributed by atoms with Crippen LogP contribution in [0.15, 0.2) is 24.3 Å². The van der Waals surface area contributed by atoms with E-state index in [1.807, 2.05) is 12.1 Å². The van der Waals surface area contributed by atoms with Gasteiger partial charge in [-0.3, -0.25) is 4.79 Å². The molecule has 1 aromatic rings. The van der Waals surface area contributed by atoms with Gasteiger partial charge in [-0.1, -0.05) is 12.1 Å². The van der Waals surface area contributed by atoms with Crippen LogP contribution in [0.1, 0.15) is 12.0 Å². The van der Waals surface area contributed by atoms with Crippen LogP contribution < -0.4 is 10.6 Å². The molecule has 0 spiro atoms. The number of carbonyl (C=O) groups excluding carboxylic acids is 2. The molecular weight excluding hydrogens is 258 g/mol. The normalized spacial score (nSPS) is 25.5. The summed E-state index contributed by atoms with van der Waals surface area (Å²) >= 11 is 0. The topological polar surface area (TPSA) is 75.9 Å². The first-order valence-corrected chi connectivity index (χ1v) is 6.62. The third-order valence-corrected chi connectivity index (χ3v) is 3.97. The third kappa shape index (κ3) is 1.88. The van der Waals surface area contributed by atoms with Gasteiger partial charge >= 0.3 is 6.03 Å². The summed E-state index contributed by atoms with van der Waals surface area (Å²) in [6.07, 6.45) is 0.521. The minimum Gasteiger partial charge on any atom is -0.380 e. The number of hydrogen-bond acceptors (Lipinski definition) is 4. The van der Waals surface area contributed by atoms with Crippen molar-refractivity contribution in [3.63, 3.8) is 0 Å². The Hall–Kier alpha value is -1.92. The average molecular weight is 275 g/mol. The van der Waals surface area contributed by atoms with E-state index < -0.39 is 0 Å². The second-order valence-electron chi connectivity index (χ2n) is 5.09. The number of benzene rings is 1. The van der Waals surface area contributed by atoms with Crippen LogP contribution in [0.4, 0.5) is 10.5 Å². The van der Waals surface area contributed by atoms with Crippen molar-refractivity contribution in [3.8, 4) is 0 Å². The number of hydrogen-bond donors (Lipinski definition) is 1. The van der Waals surface area contributed by atoms with Gasteiger partial charge in [-0.05, 0) is 17.7 Å². The maximum absolute atomic E-state index is 12.4. The summed E-state index contributed by atoms with van der Waals surface area (Å²) in [5.41, 5.74) is 7.11. The molecule has 3 rings (SSSR count). The van der Waals surface area contributed by atoms with Gasteiger partial charge in [-0.15, -0.1) is 0 Å². The molecule has 3 amide bonds. The lowest BCUT2D eigenvalue weighted by atomic mass is 10.1. The number of methoxy groups -OCH3 is 1. The van der Waals surface area contributed by atoms with Crippen LogP contribution in [0, 0.1) is 0 Å². The largest absolute Gasteiger partial charge is 0.380 e. The Morgan fingerprint density at radius 1 is 1.30 bits per heavy atom. The molecule has 2 aliphatic rings. The van der Waals surface area contributed by atoms with E-state index in [2.05, 4.69) is 0 Å². The van der Waals surface area contributed by atoms with Gasteiger partial charge in [-0.2, -0.15) is 0 Å². The maximum Gasteiger partial charge on any atom is 0.332 e. The quantitative estimate of drug-likeness (QED) is 0.824. The Balaban J connectivity index is 1.85. The van der Waals surface area contributed by atoms with Crippen LogP contribution in [0.2, 0.25) is 0 Å². The lowest BCUT2D eigenvalue weighted by Crippen LogP contribution is -2.35. The maximum atomic E-state index is 12.4. The smallest absolute Gasteiger partial charge is 0.332 e. The Kier molecular flexibility index (Phi) is 3.19. The molecule has 2 aliphatic heterocycles. The number of urea groups is 1. The van der Waals surface area contributed by atoms with E-state index in [9.17, 15) is 9.59 Å². The van der Waals surface area contributed by atoms with Gasteiger partial charge in [0, 0.05) is 26.6 Å². The van der Waals surface area contributed by atoms with E-state index in [0.29, 0.717) is 25.2 Å². The van der Waals surface area contributed by atoms with Crippen molar-refractivity contribution >= 4 is 17.6 Å². The van der Waals surface area contributed by atoms with Crippen molar-refractivity contribution in [2.45, 2.75) is 25.1 Å². The number of imide groups is 1. The van der Waals surface area contributed by atoms with Crippen LogP contribution >= 0.6 is 0 Å². The van der Waals surface area contributed by atoms with Crippen LogP contribution in [0.25, 0.3) is 0 Å². The van der Waals surface area contributed by atoms with Gasteiger partial charge in [0.15, 0.2) is 0 Å². The summed E-state index contributed by atoms with van der Waals surface area (Å²) in [6, 6.07) is 6.53. The summed E-state index contributed by atoms with van der Waals surface area (Å²) < 4.78 is 5.24. The van der Waals surface area contributed by atoms with E-state index in [1.54, 1.807) is 24.1 Å². The molecule has 2 fully saturated rings. The van der Waals surface area contributed by atoms with E-state index >= 15 is 0 Å². The Morgan fingerprint density at radius 3 is 2.55 bits per heavy atom. The van der Waals surface area contributed by atoms with Crippen LogP contribution in [0.5, 0.6) is 0 Å². The van der Waals surface area contributed by atoms with Crippen molar-refractivity contribution in [1.29, 1.82) is 0 Å². The van der Waals surface area contributed by atoms with Gasteiger partial charge in [0.1, 0.15) is 6.04 Å². The predicted octanol–water partition coefficient (Wildman–Crippen LogP) is 0.701. The molecule has 0 aromatic heterocycles. The number of nitrogens with zero attached hydrogens (tertiary/aromatic N) is 2. The summed E-state index contributed by atoms with van der Waals surface area (Å²) in [6.45, 7) is 0.912. The monoisotopic (exact) mass is 275 g/mol. The summed E-state index contributed by atoms with van der Waals surface area (Å²) in [5, 5.41) is 0. The zero-order chi connectivity index (χ0) is 14.3. The lowest BCUT2D eigenvalue weighted by Gasteiger charge is -2.17. The van der Waals surface area contributed by atoms with Gasteiger partial charge in [-0.25, -0.2) is 9.69 Å². The fourth-order valence-electron chi connectivity index (χ4n) is 2.80. The molecule has 2 saturated heterocycles. The highest BCUT2D eigenvalue weighted by Crippen LogP contribution is 2.32. The van der Waals surface area contributed by atoms with E-state index in [4.69, 9.17) is 10.5 Å². The SMILES string of the molecule is COC1CC2C(=O)N(c3ccc(CN)cc3)C(=O)N2C1. The van der Waals surface area contributed by atoms with Crippen molar-refractivity contribution in [2.24, 2.45) is 5.73 Å². The van der Waals surface area contributed by atoms with Crippen molar-refractivity contribution in [3.05, 3.63) is 29.8 Å². The van der Waals surface area contributed by atoms with Crippen LogP contribution in [-0.4, -0.2) is 42.6 Å². The number of anilines is 1. The molecule has 1 aromatic carbocycles. The van der Waals surface area contributed by atoms with Crippen molar-refractivity contribution in [2.75, 3.05) is 18.6 Å². The molecule has 6 nitrogen and oxygen atoms in total.